The van der Waals surface area contributed by atoms with Gasteiger partial charge in [-0.1, -0.05) is 12.1 Å². The number of hydrogen-bond donors (Lipinski definition) is 2. The first kappa shape index (κ1) is 17.6. The summed E-state index contributed by atoms with van der Waals surface area (Å²) in [6.45, 7) is 4.18. The number of hydrogen-bond acceptors (Lipinski definition) is 4. The molecule has 0 aromatic heterocycles. The van der Waals surface area contributed by atoms with Gasteiger partial charge in [-0.25, -0.2) is 17.9 Å². The Bertz CT molecular complexity index is 592. The molecule has 0 aliphatic carbocycles. The standard InChI is InChI=1S/C14H22N2O4S/c1-14(2,16(3)4)10-15-21(19,20)9-11-5-7-12(8-6-11)13(17)18/h5-8,15H,9-10H2,1-4H3,(H,17,18). The molecular formula is C14H22N2O4S. The van der Waals surface area contributed by atoms with Gasteiger partial charge < -0.3 is 10.0 Å². The van der Waals surface area contributed by atoms with Gasteiger partial charge in [0.15, 0.2) is 0 Å². The zero-order valence-corrected chi connectivity index (χ0v) is 13.6. The molecule has 0 atom stereocenters. The summed E-state index contributed by atoms with van der Waals surface area (Å²) >= 11 is 0. The molecule has 0 heterocycles. The second-order valence-electron chi connectivity index (χ2n) is 5.79. The van der Waals surface area contributed by atoms with Crippen molar-refractivity contribution in [3.8, 4) is 0 Å². The van der Waals surface area contributed by atoms with Crippen LogP contribution in [-0.2, 0) is 15.8 Å². The summed E-state index contributed by atoms with van der Waals surface area (Å²) in [5.74, 6) is -1.20. The maximum absolute atomic E-state index is 12.0. The fourth-order valence-corrected chi connectivity index (χ4v) is 2.77. The van der Waals surface area contributed by atoms with Crippen LogP contribution in [-0.4, -0.2) is 50.6 Å². The number of nitrogens with zero attached hydrogens (tertiary/aromatic N) is 1. The van der Waals surface area contributed by atoms with Crippen molar-refractivity contribution in [3.05, 3.63) is 35.4 Å². The number of nitrogens with one attached hydrogen (secondary N) is 1. The Balaban J connectivity index is 2.70. The minimum Gasteiger partial charge on any atom is -0.478 e. The second kappa shape index (κ2) is 6.55. The Labute approximate surface area is 125 Å². The number of rotatable bonds is 7. The van der Waals surface area contributed by atoms with Gasteiger partial charge in [0.1, 0.15) is 0 Å². The van der Waals surface area contributed by atoms with Gasteiger partial charge in [0, 0.05) is 12.1 Å². The number of sulfonamides is 1. The SMILES string of the molecule is CN(C)C(C)(C)CNS(=O)(=O)Cc1ccc(C(=O)O)cc1. The maximum Gasteiger partial charge on any atom is 0.335 e. The summed E-state index contributed by atoms with van der Waals surface area (Å²) < 4.78 is 26.7. The number of carboxylic acid groups (broad SMARTS) is 1. The molecule has 1 aromatic rings. The van der Waals surface area contributed by atoms with Gasteiger partial charge in [-0.05, 0) is 45.6 Å². The fourth-order valence-electron chi connectivity index (χ4n) is 1.46. The van der Waals surface area contributed by atoms with Crippen LogP contribution in [0.1, 0.15) is 29.8 Å². The molecule has 0 unspecified atom stereocenters. The van der Waals surface area contributed by atoms with Crippen molar-refractivity contribution in [2.75, 3.05) is 20.6 Å². The number of benzene rings is 1. The van der Waals surface area contributed by atoms with E-state index in [0.29, 0.717) is 12.1 Å². The third-order valence-electron chi connectivity index (χ3n) is 3.49. The van der Waals surface area contributed by atoms with Crippen molar-refractivity contribution in [2.45, 2.75) is 25.1 Å². The van der Waals surface area contributed by atoms with E-state index in [-0.39, 0.29) is 16.9 Å². The summed E-state index contributed by atoms with van der Waals surface area (Å²) in [7, 11) is 0.317. The van der Waals surface area contributed by atoms with Gasteiger partial charge in [-0.3, -0.25) is 0 Å². The van der Waals surface area contributed by atoms with Crippen LogP contribution < -0.4 is 4.72 Å². The number of carbonyl (C=O) groups is 1. The Kier molecular flexibility index (Phi) is 5.49. The molecule has 7 heteroatoms. The molecule has 0 radical (unpaired) electrons. The average molecular weight is 314 g/mol. The number of carboxylic acids is 1. The van der Waals surface area contributed by atoms with Crippen LogP contribution in [0.3, 0.4) is 0 Å². The minimum atomic E-state index is -3.46. The fraction of sp³-hybridized carbons (Fsp3) is 0.500. The lowest BCUT2D eigenvalue weighted by Gasteiger charge is -2.32. The highest BCUT2D eigenvalue weighted by molar-refractivity contribution is 7.88. The third kappa shape index (κ3) is 5.45. The van der Waals surface area contributed by atoms with Gasteiger partial charge in [0.05, 0.1) is 11.3 Å². The molecule has 2 N–H and O–H groups in total. The summed E-state index contributed by atoms with van der Waals surface area (Å²) in [6.07, 6.45) is 0. The van der Waals surface area contributed by atoms with Crippen LogP contribution in [0.25, 0.3) is 0 Å². The Morgan fingerprint density at radius 1 is 1.24 bits per heavy atom. The molecule has 0 spiro atoms. The smallest absolute Gasteiger partial charge is 0.335 e. The van der Waals surface area contributed by atoms with E-state index in [1.807, 2.05) is 32.8 Å². The highest BCUT2D eigenvalue weighted by Crippen LogP contribution is 2.11. The number of aromatic carboxylic acids is 1. The average Bonchev–Trinajstić information content (AvgIpc) is 2.37. The zero-order chi connectivity index (χ0) is 16.3. The first-order chi connectivity index (χ1) is 9.53. The summed E-state index contributed by atoms with van der Waals surface area (Å²) in [4.78, 5) is 12.7. The second-order valence-corrected chi connectivity index (χ2v) is 7.60. The largest absolute Gasteiger partial charge is 0.478 e. The van der Waals surface area contributed by atoms with E-state index in [0.717, 1.165) is 0 Å². The van der Waals surface area contributed by atoms with E-state index in [1.54, 1.807) is 0 Å². The lowest BCUT2D eigenvalue weighted by molar-refractivity contribution is 0.0697. The summed E-state index contributed by atoms with van der Waals surface area (Å²) in [5.41, 5.74) is 0.397. The lowest BCUT2D eigenvalue weighted by Crippen LogP contribution is -2.48. The first-order valence-electron chi connectivity index (χ1n) is 6.50. The van der Waals surface area contributed by atoms with Crippen LogP contribution in [0.5, 0.6) is 0 Å². The zero-order valence-electron chi connectivity index (χ0n) is 12.8. The molecule has 6 nitrogen and oxygen atoms in total. The van der Waals surface area contributed by atoms with E-state index in [1.165, 1.54) is 24.3 Å². The van der Waals surface area contributed by atoms with E-state index >= 15 is 0 Å². The Hall–Kier alpha value is -1.44. The molecule has 1 rings (SSSR count). The predicted molar refractivity (Wildman–Crippen MR) is 81.8 cm³/mol. The van der Waals surface area contributed by atoms with Crippen molar-refractivity contribution in [3.63, 3.8) is 0 Å². The van der Waals surface area contributed by atoms with Gasteiger partial charge >= 0.3 is 5.97 Å². The van der Waals surface area contributed by atoms with E-state index < -0.39 is 16.0 Å². The quantitative estimate of drug-likeness (QED) is 0.788. The lowest BCUT2D eigenvalue weighted by atomic mass is 10.1. The molecular weight excluding hydrogens is 292 g/mol. The van der Waals surface area contributed by atoms with Crippen molar-refractivity contribution < 1.29 is 18.3 Å². The highest BCUT2D eigenvalue weighted by Gasteiger charge is 2.23. The van der Waals surface area contributed by atoms with Crippen molar-refractivity contribution in [2.24, 2.45) is 0 Å². The Morgan fingerprint density at radius 3 is 2.19 bits per heavy atom. The van der Waals surface area contributed by atoms with Crippen molar-refractivity contribution >= 4 is 16.0 Å². The third-order valence-corrected chi connectivity index (χ3v) is 4.79. The first-order valence-corrected chi connectivity index (χ1v) is 8.16. The van der Waals surface area contributed by atoms with Crippen LogP contribution in [0, 0.1) is 0 Å². The van der Waals surface area contributed by atoms with E-state index in [2.05, 4.69) is 4.72 Å². The summed E-state index contributed by atoms with van der Waals surface area (Å²) in [5, 5.41) is 8.80. The van der Waals surface area contributed by atoms with E-state index in [9.17, 15) is 13.2 Å². The molecule has 0 fully saturated rings. The van der Waals surface area contributed by atoms with Crippen LogP contribution in [0.2, 0.25) is 0 Å². The van der Waals surface area contributed by atoms with E-state index in [4.69, 9.17) is 5.11 Å². The van der Waals surface area contributed by atoms with Crippen LogP contribution in [0.15, 0.2) is 24.3 Å². The van der Waals surface area contributed by atoms with Gasteiger partial charge in [-0.15, -0.1) is 0 Å². The molecule has 0 aliphatic rings. The topological polar surface area (TPSA) is 86.7 Å². The molecule has 1 aromatic carbocycles. The molecule has 0 bridgehead atoms. The van der Waals surface area contributed by atoms with Gasteiger partial charge in [0.25, 0.3) is 0 Å². The predicted octanol–water partition coefficient (Wildman–Crippen LogP) is 1.14. The van der Waals surface area contributed by atoms with Gasteiger partial charge in [-0.2, -0.15) is 0 Å². The maximum atomic E-state index is 12.0. The van der Waals surface area contributed by atoms with Crippen molar-refractivity contribution in [1.29, 1.82) is 0 Å². The van der Waals surface area contributed by atoms with Crippen LogP contribution >= 0.6 is 0 Å². The van der Waals surface area contributed by atoms with Crippen molar-refractivity contribution in [1.82, 2.24) is 9.62 Å². The molecule has 0 amide bonds. The minimum absolute atomic E-state index is 0.137. The molecule has 0 saturated carbocycles. The Morgan fingerprint density at radius 2 is 1.76 bits per heavy atom. The molecule has 0 saturated heterocycles. The highest BCUT2D eigenvalue weighted by atomic mass is 32.2. The normalized spacial score (nSPS) is 12.6. The molecule has 118 valence electrons. The number of likely N-dealkylation sites (N-methyl/N-ethyl adjacent to an activating group) is 1. The molecule has 21 heavy (non-hydrogen) atoms. The summed E-state index contributed by atoms with van der Waals surface area (Å²) in [6, 6.07) is 5.83. The van der Waals surface area contributed by atoms with Gasteiger partial charge in [0.2, 0.25) is 10.0 Å². The van der Waals surface area contributed by atoms with Crippen LogP contribution in [0.4, 0.5) is 0 Å². The molecule has 0 aliphatic heterocycles. The monoisotopic (exact) mass is 314 g/mol.